The molecule has 0 heterocycles. The van der Waals surface area contributed by atoms with Crippen LogP contribution in [0.5, 0.6) is 5.75 Å². The van der Waals surface area contributed by atoms with Gasteiger partial charge >= 0.3 is 5.97 Å². The standard InChI is InChI=1S/C12H17NO3/c1-7(2)8(3)16-11-9(12(14)15)5-4-6-10(11)13/h4-8H,13H2,1-3H3,(H,14,15). The van der Waals surface area contributed by atoms with Gasteiger partial charge in [-0.2, -0.15) is 0 Å². The summed E-state index contributed by atoms with van der Waals surface area (Å²) in [5.74, 6) is -0.476. The highest BCUT2D eigenvalue weighted by atomic mass is 16.5. The molecule has 0 spiro atoms. The summed E-state index contributed by atoms with van der Waals surface area (Å²) >= 11 is 0. The summed E-state index contributed by atoms with van der Waals surface area (Å²) in [6.07, 6.45) is -0.0807. The fraction of sp³-hybridized carbons (Fsp3) is 0.417. The number of anilines is 1. The molecule has 0 aliphatic heterocycles. The number of carboxylic acids is 1. The maximum Gasteiger partial charge on any atom is 0.339 e. The Balaban J connectivity index is 3.06. The maximum atomic E-state index is 11.0. The number of nitrogens with two attached hydrogens (primary N) is 1. The van der Waals surface area contributed by atoms with Crippen molar-refractivity contribution in [3.63, 3.8) is 0 Å². The van der Waals surface area contributed by atoms with Crippen LogP contribution in [-0.2, 0) is 0 Å². The Kier molecular flexibility index (Phi) is 3.77. The van der Waals surface area contributed by atoms with Crippen LogP contribution in [0.25, 0.3) is 0 Å². The van der Waals surface area contributed by atoms with E-state index in [2.05, 4.69) is 0 Å². The Morgan fingerprint density at radius 2 is 2.00 bits per heavy atom. The molecule has 4 nitrogen and oxygen atoms in total. The third kappa shape index (κ3) is 2.66. The smallest absolute Gasteiger partial charge is 0.339 e. The second-order valence-electron chi connectivity index (χ2n) is 4.10. The van der Waals surface area contributed by atoms with Crippen LogP contribution < -0.4 is 10.5 Å². The van der Waals surface area contributed by atoms with Gasteiger partial charge in [-0.05, 0) is 25.0 Å². The maximum absolute atomic E-state index is 11.0. The van der Waals surface area contributed by atoms with E-state index in [1.807, 2.05) is 20.8 Å². The summed E-state index contributed by atoms with van der Waals surface area (Å²) in [6.45, 7) is 5.90. The number of benzene rings is 1. The van der Waals surface area contributed by atoms with E-state index < -0.39 is 5.97 Å². The van der Waals surface area contributed by atoms with Crippen molar-refractivity contribution in [3.05, 3.63) is 23.8 Å². The highest BCUT2D eigenvalue weighted by Gasteiger charge is 2.17. The quantitative estimate of drug-likeness (QED) is 0.769. The molecule has 0 bridgehead atoms. The van der Waals surface area contributed by atoms with Gasteiger partial charge in [0.1, 0.15) is 5.56 Å². The third-order valence-electron chi connectivity index (χ3n) is 2.52. The molecular weight excluding hydrogens is 206 g/mol. The monoisotopic (exact) mass is 223 g/mol. The van der Waals surface area contributed by atoms with Crippen molar-refractivity contribution in [2.45, 2.75) is 26.9 Å². The van der Waals surface area contributed by atoms with Gasteiger partial charge in [-0.1, -0.05) is 19.9 Å². The van der Waals surface area contributed by atoms with Crippen LogP contribution in [0, 0.1) is 5.92 Å². The number of aromatic carboxylic acids is 1. The number of ether oxygens (including phenoxy) is 1. The molecule has 0 aliphatic rings. The van der Waals surface area contributed by atoms with Crippen LogP contribution in [0.3, 0.4) is 0 Å². The highest BCUT2D eigenvalue weighted by Crippen LogP contribution is 2.28. The van der Waals surface area contributed by atoms with Gasteiger partial charge in [0.2, 0.25) is 0 Å². The number of carboxylic acid groups (broad SMARTS) is 1. The lowest BCUT2D eigenvalue weighted by Crippen LogP contribution is -2.20. The van der Waals surface area contributed by atoms with E-state index in [1.54, 1.807) is 12.1 Å². The molecule has 0 aromatic heterocycles. The second kappa shape index (κ2) is 4.88. The van der Waals surface area contributed by atoms with Gasteiger partial charge in [0, 0.05) is 0 Å². The molecule has 88 valence electrons. The first kappa shape index (κ1) is 12.4. The SMILES string of the molecule is CC(C)C(C)Oc1c(N)cccc1C(=O)O. The van der Waals surface area contributed by atoms with E-state index in [4.69, 9.17) is 15.6 Å². The molecule has 1 atom stereocenters. The van der Waals surface area contributed by atoms with Gasteiger partial charge < -0.3 is 15.6 Å². The van der Waals surface area contributed by atoms with Crippen molar-refractivity contribution in [2.75, 3.05) is 5.73 Å². The molecule has 0 saturated heterocycles. The summed E-state index contributed by atoms with van der Waals surface area (Å²) in [5, 5.41) is 9.01. The minimum absolute atomic E-state index is 0.0807. The molecular formula is C12H17NO3. The average molecular weight is 223 g/mol. The van der Waals surface area contributed by atoms with Crippen LogP contribution in [0.2, 0.25) is 0 Å². The van der Waals surface area contributed by atoms with Gasteiger partial charge in [0.15, 0.2) is 5.75 Å². The van der Waals surface area contributed by atoms with Crippen LogP contribution >= 0.6 is 0 Å². The first-order valence-corrected chi connectivity index (χ1v) is 5.22. The summed E-state index contributed by atoms with van der Waals surface area (Å²) in [6, 6.07) is 4.72. The zero-order valence-electron chi connectivity index (χ0n) is 9.73. The van der Waals surface area contributed by atoms with Gasteiger partial charge in [-0.3, -0.25) is 0 Å². The van der Waals surface area contributed by atoms with E-state index >= 15 is 0 Å². The number of carbonyl (C=O) groups is 1. The molecule has 0 amide bonds. The topological polar surface area (TPSA) is 72.5 Å². The molecule has 0 aliphatic carbocycles. The molecule has 0 radical (unpaired) electrons. The van der Waals surface area contributed by atoms with Crippen molar-refractivity contribution in [3.8, 4) is 5.75 Å². The summed E-state index contributed by atoms with van der Waals surface area (Å²) in [4.78, 5) is 11.0. The number of para-hydroxylation sites is 1. The van der Waals surface area contributed by atoms with Crippen LogP contribution in [-0.4, -0.2) is 17.2 Å². The van der Waals surface area contributed by atoms with Gasteiger partial charge in [-0.25, -0.2) is 4.79 Å². The zero-order valence-corrected chi connectivity index (χ0v) is 9.73. The Labute approximate surface area is 95.0 Å². The van der Waals surface area contributed by atoms with Crippen molar-refractivity contribution in [2.24, 2.45) is 5.92 Å². The first-order valence-electron chi connectivity index (χ1n) is 5.22. The van der Waals surface area contributed by atoms with Gasteiger partial charge in [0.25, 0.3) is 0 Å². The molecule has 1 rings (SSSR count). The van der Waals surface area contributed by atoms with Crippen LogP contribution in [0.4, 0.5) is 5.69 Å². The Hall–Kier alpha value is -1.71. The van der Waals surface area contributed by atoms with E-state index in [0.29, 0.717) is 11.6 Å². The average Bonchev–Trinajstić information content (AvgIpc) is 2.20. The highest BCUT2D eigenvalue weighted by molar-refractivity contribution is 5.93. The Bertz CT molecular complexity index is 388. The number of nitrogen functional groups attached to an aromatic ring is 1. The predicted octanol–water partition coefficient (Wildman–Crippen LogP) is 2.39. The molecule has 0 saturated carbocycles. The van der Waals surface area contributed by atoms with Crippen LogP contribution in [0.15, 0.2) is 18.2 Å². The minimum atomic E-state index is -1.03. The molecule has 1 unspecified atom stereocenters. The minimum Gasteiger partial charge on any atom is -0.487 e. The lowest BCUT2D eigenvalue weighted by Gasteiger charge is -2.20. The largest absolute Gasteiger partial charge is 0.487 e. The molecule has 0 fully saturated rings. The van der Waals surface area contributed by atoms with Crippen molar-refractivity contribution >= 4 is 11.7 Å². The predicted molar refractivity (Wildman–Crippen MR) is 62.7 cm³/mol. The first-order chi connectivity index (χ1) is 7.43. The fourth-order valence-corrected chi connectivity index (χ4v) is 1.18. The van der Waals surface area contributed by atoms with E-state index in [9.17, 15) is 4.79 Å². The van der Waals surface area contributed by atoms with E-state index in [0.717, 1.165) is 0 Å². The number of rotatable bonds is 4. The van der Waals surface area contributed by atoms with Crippen LogP contribution in [0.1, 0.15) is 31.1 Å². The second-order valence-corrected chi connectivity index (χ2v) is 4.10. The van der Waals surface area contributed by atoms with E-state index in [1.165, 1.54) is 6.07 Å². The van der Waals surface area contributed by atoms with Crippen molar-refractivity contribution in [1.29, 1.82) is 0 Å². The third-order valence-corrected chi connectivity index (χ3v) is 2.52. The molecule has 3 N–H and O–H groups in total. The lowest BCUT2D eigenvalue weighted by molar-refractivity contribution is 0.0687. The van der Waals surface area contributed by atoms with Crippen molar-refractivity contribution in [1.82, 2.24) is 0 Å². The lowest BCUT2D eigenvalue weighted by atomic mass is 10.1. The fourth-order valence-electron chi connectivity index (χ4n) is 1.18. The van der Waals surface area contributed by atoms with Crippen molar-refractivity contribution < 1.29 is 14.6 Å². The Morgan fingerprint density at radius 3 is 2.50 bits per heavy atom. The normalized spacial score (nSPS) is 12.5. The number of hydrogen-bond acceptors (Lipinski definition) is 3. The van der Waals surface area contributed by atoms with E-state index in [-0.39, 0.29) is 17.4 Å². The van der Waals surface area contributed by atoms with Gasteiger partial charge in [-0.15, -0.1) is 0 Å². The number of hydrogen-bond donors (Lipinski definition) is 2. The summed E-state index contributed by atoms with van der Waals surface area (Å²) in [7, 11) is 0. The summed E-state index contributed by atoms with van der Waals surface area (Å²) in [5.41, 5.74) is 6.18. The zero-order chi connectivity index (χ0) is 12.3. The molecule has 4 heteroatoms. The molecule has 1 aromatic carbocycles. The molecule has 16 heavy (non-hydrogen) atoms. The summed E-state index contributed by atoms with van der Waals surface area (Å²) < 4.78 is 5.59. The van der Waals surface area contributed by atoms with Gasteiger partial charge in [0.05, 0.1) is 11.8 Å². The Morgan fingerprint density at radius 1 is 1.38 bits per heavy atom. The molecule has 1 aromatic rings.